The lowest BCUT2D eigenvalue weighted by molar-refractivity contribution is 0.522. The predicted octanol–water partition coefficient (Wildman–Crippen LogP) is 2.05. The van der Waals surface area contributed by atoms with Gasteiger partial charge in [0.2, 0.25) is 0 Å². The van der Waals surface area contributed by atoms with Gasteiger partial charge in [0.15, 0.2) is 0 Å². The summed E-state index contributed by atoms with van der Waals surface area (Å²) in [6.07, 6.45) is 1.39. The van der Waals surface area contributed by atoms with Gasteiger partial charge in [-0.15, -0.1) is 0 Å². The topological polar surface area (TPSA) is 34.9 Å². The number of benzene rings is 1. The van der Waals surface area contributed by atoms with Gasteiger partial charge in [0.05, 0.1) is 17.2 Å². The van der Waals surface area contributed by atoms with Gasteiger partial charge in [-0.25, -0.2) is 4.98 Å². The number of nitrogens with zero attached hydrogens (tertiary/aromatic N) is 2. The van der Waals surface area contributed by atoms with Crippen LogP contribution in [-0.2, 0) is 6.54 Å². The van der Waals surface area contributed by atoms with Crippen LogP contribution in [0.25, 0.3) is 11.0 Å². The first-order valence-electron chi connectivity index (χ1n) is 5.13. The van der Waals surface area contributed by atoms with Gasteiger partial charge in [0, 0.05) is 6.54 Å². The second-order valence-electron chi connectivity index (χ2n) is 4.09. The molecular formula is C12H14N2O. The fraction of sp³-hybridized carbons (Fsp3) is 0.333. The second-order valence-corrected chi connectivity index (χ2v) is 4.09. The van der Waals surface area contributed by atoms with Crippen LogP contribution < -0.4 is 5.56 Å². The van der Waals surface area contributed by atoms with E-state index in [9.17, 15) is 4.79 Å². The van der Waals surface area contributed by atoms with E-state index < -0.39 is 0 Å². The Kier molecular flexibility index (Phi) is 2.54. The molecule has 3 heteroatoms. The summed E-state index contributed by atoms with van der Waals surface area (Å²) in [6, 6.07) is 7.72. The van der Waals surface area contributed by atoms with Gasteiger partial charge >= 0.3 is 0 Å². The summed E-state index contributed by atoms with van der Waals surface area (Å²) in [5.41, 5.74) is 1.76. The fourth-order valence-corrected chi connectivity index (χ4v) is 1.67. The molecule has 0 fully saturated rings. The van der Waals surface area contributed by atoms with Crippen LogP contribution in [-0.4, -0.2) is 9.55 Å². The van der Waals surface area contributed by atoms with E-state index >= 15 is 0 Å². The lowest BCUT2D eigenvalue weighted by atomic mass is 10.2. The van der Waals surface area contributed by atoms with Crippen LogP contribution in [0.1, 0.15) is 13.8 Å². The monoisotopic (exact) mass is 202 g/mol. The standard InChI is InChI=1S/C12H14N2O/c1-9(2)8-14-11-6-4-3-5-10(11)13-7-12(14)15/h3-7,9H,8H2,1-2H3. The lowest BCUT2D eigenvalue weighted by Crippen LogP contribution is -2.22. The molecule has 0 N–H and O–H groups in total. The van der Waals surface area contributed by atoms with Crippen molar-refractivity contribution in [1.29, 1.82) is 0 Å². The Morgan fingerprint density at radius 3 is 2.80 bits per heavy atom. The molecule has 0 radical (unpaired) electrons. The number of hydrogen-bond acceptors (Lipinski definition) is 2. The summed E-state index contributed by atoms with van der Waals surface area (Å²) in [7, 11) is 0. The highest BCUT2D eigenvalue weighted by molar-refractivity contribution is 5.74. The first kappa shape index (κ1) is 9.90. The normalized spacial score (nSPS) is 11.1. The summed E-state index contributed by atoms with van der Waals surface area (Å²) in [5.74, 6) is 0.452. The molecule has 1 heterocycles. The predicted molar refractivity (Wildman–Crippen MR) is 60.8 cm³/mol. The molecule has 2 rings (SSSR count). The van der Waals surface area contributed by atoms with E-state index in [4.69, 9.17) is 0 Å². The third-order valence-electron chi connectivity index (χ3n) is 2.30. The molecular weight excluding hydrogens is 188 g/mol. The summed E-state index contributed by atoms with van der Waals surface area (Å²) in [4.78, 5) is 15.8. The molecule has 0 unspecified atom stereocenters. The number of para-hydroxylation sites is 2. The average Bonchev–Trinajstić information content (AvgIpc) is 2.22. The molecule has 78 valence electrons. The third-order valence-corrected chi connectivity index (χ3v) is 2.30. The first-order valence-corrected chi connectivity index (χ1v) is 5.13. The fourth-order valence-electron chi connectivity index (χ4n) is 1.67. The first-order chi connectivity index (χ1) is 7.18. The quantitative estimate of drug-likeness (QED) is 0.747. The molecule has 1 aromatic carbocycles. The van der Waals surface area contributed by atoms with E-state index in [0.717, 1.165) is 17.6 Å². The van der Waals surface area contributed by atoms with E-state index in [1.165, 1.54) is 6.20 Å². The maximum atomic E-state index is 11.7. The largest absolute Gasteiger partial charge is 0.305 e. The van der Waals surface area contributed by atoms with Gasteiger partial charge in [-0.05, 0) is 18.1 Å². The minimum Gasteiger partial charge on any atom is -0.305 e. The van der Waals surface area contributed by atoms with Crippen LogP contribution in [0.2, 0.25) is 0 Å². The van der Waals surface area contributed by atoms with Crippen molar-refractivity contribution in [2.45, 2.75) is 20.4 Å². The number of aromatic nitrogens is 2. The van der Waals surface area contributed by atoms with Crippen LogP contribution in [0.4, 0.5) is 0 Å². The lowest BCUT2D eigenvalue weighted by Gasteiger charge is -2.11. The Morgan fingerprint density at radius 1 is 1.33 bits per heavy atom. The van der Waals surface area contributed by atoms with E-state index in [2.05, 4.69) is 18.8 Å². The molecule has 0 aliphatic heterocycles. The van der Waals surface area contributed by atoms with Gasteiger partial charge in [-0.3, -0.25) is 4.79 Å². The Hall–Kier alpha value is -1.64. The molecule has 0 spiro atoms. The molecule has 0 bridgehead atoms. The van der Waals surface area contributed by atoms with Crippen LogP contribution in [0.15, 0.2) is 35.3 Å². The van der Waals surface area contributed by atoms with Crippen molar-refractivity contribution < 1.29 is 0 Å². The summed E-state index contributed by atoms with van der Waals surface area (Å²) >= 11 is 0. The van der Waals surface area contributed by atoms with Gasteiger partial charge in [-0.2, -0.15) is 0 Å². The molecule has 0 atom stereocenters. The van der Waals surface area contributed by atoms with Crippen molar-refractivity contribution in [3.63, 3.8) is 0 Å². The Balaban J connectivity index is 2.68. The van der Waals surface area contributed by atoms with Crippen molar-refractivity contribution >= 4 is 11.0 Å². The van der Waals surface area contributed by atoms with E-state index in [1.807, 2.05) is 24.3 Å². The number of rotatable bonds is 2. The smallest absolute Gasteiger partial charge is 0.269 e. The van der Waals surface area contributed by atoms with Crippen molar-refractivity contribution in [2.75, 3.05) is 0 Å². The molecule has 3 nitrogen and oxygen atoms in total. The maximum absolute atomic E-state index is 11.7. The van der Waals surface area contributed by atoms with Gasteiger partial charge in [0.1, 0.15) is 0 Å². The number of hydrogen-bond donors (Lipinski definition) is 0. The van der Waals surface area contributed by atoms with E-state index in [1.54, 1.807) is 4.57 Å². The van der Waals surface area contributed by atoms with E-state index in [-0.39, 0.29) is 5.56 Å². The highest BCUT2D eigenvalue weighted by Crippen LogP contribution is 2.09. The average molecular weight is 202 g/mol. The molecule has 2 aromatic rings. The summed E-state index contributed by atoms with van der Waals surface area (Å²) in [6.45, 7) is 4.94. The van der Waals surface area contributed by atoms with Crippen LogP contribution in [0, 0.1) is 5.92 Å². The molecule has 0 aliphatic carbocycles. The molecule has 15 heavy (non-hydrogen) atoms. The Morgan fingerprint density at radius 2 is 2.07 bits per heavy atom. The summed E-state index contributed by atoms with van der Waals surface area (Å²) < 4.78 is 1.78. The van der Waals surface area contributed by atoms with Crippen molar-refractivity contribution in [3.8, 4) is 0 Å². The highest BCUT2D eigenvalue weighted by Gasteiger charge is 2.04. The molecule has 0 amide bonds. The second kappa shape index (κ2) is 3.85. The van der Waals surface area contributed by atoms with E-state index in [0.29, 0.717) is 5.92 Å². The number of fused-ring (bicyclic) bond motifs is 1. The molecule has 0 saturated heterocycles. The molecule has 0 aliphatic rings. The van der Waals surface area contributed by atoms with Crippen molar-refractivity contribution in [1.82, 2.24) is 9.55 Å². The van der Waals surface area contributed by atoms with Crippen molar-refractivity contribution in [3.05, 3.63) is 40.8 Å². The zero-order chi connectivity index (χ0) is 10.8. The maximum Gasteiger partial charge on any atom is 0.269 e. The van der Waals surface area contributed by atoms with Crippen LogP contribution in [0.3, 0.4) is 0 Å². The van der Waals surface area contributed by atoms with Gasteiger partial charge in [-0.1, -0.05) is 26.0 Å². The zero-order valence-electron chi connectivity index (χ0n) is 8.97. The van der Waals surface area contributed by atoms with Gasteiger partial charge in [0.25, 0.3) is 5.56 Å². The highest BCUT2D eigenvalue weighted by atomic mass is 16.1. The third kappa shape index (κ3) is 1.91. The SMILES string of the molecule is CC(C)Cn1c(=O)cnc2ccccc21. The Labute approximate surface area is 88.4 Å². The summed E-state index contributed by atoms with van der Waals surface area (Å²) in [5, 5.41) is 0. The Bertz CT molecular complexity index is 528. The minimum absolute atomic E-state index is 0.0256. The van der Waals surface area contributed by atoms with Gasteiger partial charge < -0.3 is 4.57 Å². The van der Waals surface area contributed by atoms with Crippen molar-refractivity contribution in [2.24, 2.45) is 5.92 Å². The van der Waals surface area contributed by atoms with Crippen LogP contribution in [0.5, 0.6) is 0 Å². The van der Waals surface area contributed by atoms with Crippen LogP contribution >= 0.6 is 0 Å². The zero-order valence-corrected chi connectivity index (χ0v) is 8.97. The molecule has 0 saturated carbocycles. The minimum atomic E-state index is -0.0256. The molecule has 1 aromatic heterocycles.